The fourth-order valence-corrected chi connectivity index (χ4v) is 3.91. The zero-order valence-electron chi connectivity index (χ0n) is 13.6. The van der Waals surface area contributed by atoms with Crippen LogP contribution >= 0.6 is 0 Å². The van der Waals surface area contributed by atoms with E-state index in [-0.39, 0.29) is 30.0 Å². The zero-order valence-corrected chi connectivity index (χ0v) is 13.6. The molecule has 0 spiro atoms. The molecule has 2 atom stereocenters. The average molecular weight is 327 g/mol. The number of fused-ring (bicyclic) bond motifs is 2. The van der Waals surface area contributed by atoms with Gasteiger partial charge in [0, 0.05) is 11.9 Å². The topological polar surface area (TPSA) is 64.4 Å². The number of hydrogen-bond acceptors (Lipinski definition) is 4. The molecule has 6 nitrogen and oxygen atoms in total. The highest BCUT2D eigenvalue weighted by atomic mass is 16.5. The third-order valence-electron chi connectivity index (χ3n) is 5.10. The second kappa shape index (κ2) is 6.36. The lowest BCUT2D eigenvalue weighted by atomic mass is 9.90. The summed E-state index contributed by atoms with van der Waals surface area (Å²) in [5, 5.41) is 4.77. The molecule has 1 aliphatic carbocycles. The number of carbonyl (C=O) groups is 1. The Morgan fingerprint density at radius 1 is 1.25 bits per heavy atom. The maximum Gasteiger partial charge on any atom is 0.244 e. The van der Waals surface area contributed by atoms with Crippen molar-refractivity contribution in [3.63, 3.8) is 0 Å². The fraction of sp³-hybridized carbons (Fsp3) is 0.500. The van der Waals surface area contributed by atoms with E-state index in [1.807, 2.05) is 23.1 Å². The molecule has 6 heteroatoms. The lowest BCUT2D eigenvalue weighted by Crippen LogP contribution is -2.55. The van der Waals surface area contributed by atoms with Gasteiger partial charge in [-0.15, -0.1) is 0 Å². The second-order valence-corrected chi connectivity index (χ2v) is 6.53. The highest BCUT2D eigenvalue weighted by Crippen LogP contribution is 2.28. The maximum absolute atomic E-state index is 12.9. The van der Waals surface area contributed by atoms with Gasteiger partial charge >= 0.3 is 0 Å². The van der Waals surface area contributed by atoms with E-state index in [0.29, 0.717) is 24.1 Å². The summed E-state index contributed by atoms with van der Waals surface area (Å²) in [6.07, 6.45) is 5.83. The van der Waals surface area contributed by atoms with Gasteiger partial charge in [0.2, 0.25) is 11.3 Å². The number of morpholine rings is 1. The SMILES string of the molecule is O=C(Cn1ncc(=O)c2ccccc21)N1CCO[C@@H]2CCCC[C@@H]21. The van der Waals surface area contributed by atoms with Gasteiger partial charge in [-0.1, -0.05) is 25.0 Å². The Hall–Kier alpha value is -2.21. The predicted octanol–water partition coefficient (Wildman–Crippen LogP) is 1.57. The molecular formula is C18H21N3O3. The first kappa shape index (κ1) is 15.3. The first-order valence-electron chi connectivity index (χ1n) is 8.60. The summed E-state index contributed by atoms with van der Waals surface area (Å²) in [5.41, 5.74) is 0.583. The average Bonchev–Trinajstić information content (AvgIpc) is 2.64. The summed E-state index contributed by atoms with van der Waals surface area (Å²) >= 11 is 0. The van der Waals surface area contributed by atoms with Crippen LogP contribution in [0.1, 0.15) is 25.7 Å². The molecule has 1 aromatic heterocycles. The van der Waals surface area contributed by atoms with Crippen LogP contribution in [0, 0.1) is 0 Å². The molecule has 1 saturated carbocycles. The van der Waals surface area contributed by atoms with Crippen LogP contribution in [0.5, 0.6) is 0 Å². The number of benzene rings is 1. The fourth-order valence-electron chi connectivity index (χ4n) is 3.91. The lowest BCUT2D eigenvalue weighted by Gasteiger charge is -2.43. The summed E-state index contributed by atoms with van der Waals surface area (Å²) in [6.45, 7) is 1.40. The molecule has 24 heavy (non-hydrogen) atoms. The maximum atomic E-state index is 12.9. The van der Waals surface area contributed by atoms with E-state index in [9.17, 15) is 9.59 Å². The van der Waals surface area contributed by atoms with Crippen molar-refractivity contribution in [2.24, 2.45) is 0 Å². The van der Waals surface area contributed by atoms with E-state index in [2.05, 4.69) is 5.10 Å². The van der Waals surface area contributed by atoms with Crippen LogP contribution in [0.25, 0.3) is 10.9 Å². The van der Waals surface area contributed by atoms with E-state index in [4.69, 9.17) is 4.74 Å². The Balaban J connectivity index is 1.60. The van der Waals surface area contributed by atoms with Crippen LogP contribution < -0.4 is 5.43 Å². The van der Waals surface area contributed by atoms with Crippen molar-refractivity contribution in [1.82, 2.24) is 14.7 Å². The molecule has 0 radical (unpaired) electrons. The summed E-state index contributed by atoms with van der Waals surface area (Å²) in [5.74, 6) is 0.0523. The number of hydrogen-bond donors (Lipinski definition) is 0. The lowest BCUT2D eigenvalue weighted by molar-refractivity contribution is -0.150. The van der Waals surface area contributed by atoms with Gasteiger partial charge in [-0.3, -0.25) is 14.3 Å². The van der Waals surface area contributed by atoms with E-state index >= 15 is 0 Å². The van der Waals surface area contributed by atoms with Crippen molar-refractivity contribution in [2.45, 2.75) is 44.4 Å². The minimum Gasteiger partial charge on any atom is -0.374 e. The Kier molecular flexibility index (Phi) is 4.06. The van der Waals surface area contributed by atoms with E-state index < -0.39 is 0 Å². The molecule has 2 heterocycles. The van der Waals surface area contributed by atoms with Crippen LogP contribution in [0.3, 0.4) is 0 Å². The Bertz CT molecular complexity index is 815. The molecule has 2 aliphatic rings. The smallest absolute Gasteiger partial charge is 0.244 e. The summed E-state index contributed by atoms with van der Waals surface area (Å²) in [6, 6.07) is 7.47. The van der Waals surface area contributed by atoms with Gasteiger partial charge in [0.05, 0.1) is 30.5 Å². The van der Waals surface area contributed by atoms with Gasteiger partial charge in [0.1, 0.15) is 6.54 Å². The molecule has 0 bridgehead atoms. The molecular weight excluding hydrogens is 306 g/mol. The molecule has 1 aromatic carbocycles. The van der Waals surface area contributed by atoms with Crippen LogP contribution in [0.4, 0.5) is 0 Å². The summed E-state index contributed by atoms with van der Waals surface area (Å²) < 4.78 is 7.47. The van der Waals surface area contributed by atoms with Crippen LogP contribution in [0.2, 0.25) is 0 Å². The van der Waals surface area contributed by atoms with Gasteiger partial charge in [-0.2, -0.15) is 5.10 Å². The predicted molar refractivity (Wildman–Crippen MR) is 89.7 cm³/mol. The Morgan fingerprint density at radius 3 is 3.00 bits per heavy atom. The first-order valence-corrected chi connectivity index (χ1v) is 8.60. The molecule has 4 rings (SSSR count). The summed E-state index contributed by atoms with van der Waals surface area (Å²) in [4.78, 5) is 26.8. The van der Waals surface area contributed by atoms with E-state index in [1.54, 1.807) is 10.7 Å². The van der Waals surface area contributed by atoms with Gasteiger partial charge in [0.15, 0.2) is 0 Å². The number of ether oxygens (including phenoxy) is 1. The minimum atomic E-state index is -0.118. The van der Waals surface area contributed by atoms with Crippen molar-refractivity contribution in [1.29, 1.82) is 0 Å². The van der Waals surface area contributed by atoms with Crippen molar-refractivity contribution in [3.05, 3.63) is 40.7 Å². The standard InChI is InChI=1S/C18H21N3O3/c22-16-11-19-21(14-6-2-1-5-13(14)16)12-18(23)20-9-10-24-17-8-4-3-7-15(17)20/h1-2,5-6,11,15,17H,3-4,7-10,12H2/t15-,17+/m0/s1. The number of carbonyl (C=O) groups excluding carboxylic acids is 1. The molecule has 2 fully saturated rings. The van der Waals surface area contributed by atoms with Gasteiger partial charge in [-0.25, -0.2) is 0 Å². The highest BCUT2D eigenvalue weighted by Gasteiger charge is 2.36. The van der Waals surface area contributed by atoms with Crippen molar-refractivity contribution < 1.29 is 9.53 Å². The third kappa shape index (κ3) is 2.71. The number of nitrogens with zero attached hydrogens (tertiary/aromatic N) is 3. The van der Waals surface area contributed by atoms with Crippen molar-refractivity contribution in [2.75, 3.05) is 13.2 Å². The number of aromatic nitrogens is 2. The van der Waals surface area contributed by atoms with Gasteiger partial charge in [-0.05, 0) is 25.0 Å². The van der Waals surface area contributed by atoms with Crippen molar-refractivity contribution >= 4 is 16.8 Å². The minimum absolute atomic E-state index is 0.0523. The Morgan fingerprint density at radius 2 is 2.08 bits per heavy atom. The van der Waals surface area contributed by atoms with Gasteiger partial charge in [0.25, 0.3) is 0 Å². The quantitative estimate of drug-likeness (QED) is 0.840. The number of rotatable bonds is 2. The molecule has 0 unspecified atom stereocenters. The van der Waals surface area contributed by atoms with E-state index in [0.717, 1.165) is 19.3 Å². The van der Waals surface area contributed by atoms with Gasteiger partial charge < -0.3 is 9.64 Å². The van der Waals surface area contributed by atoms with E-state index in [1.165, 1.54) is 12.6 Å². The largest absolute Gasteiger partial charge is 0.374 e. The van der Waals surface area contributed by atoms with Crippen LogP contribution in [-0.4, -0.2) is 45.9 Å². The van der Waals surface area contributed by atoms with Crippen LogP contribution in [-0.2, 0) is 16.1 Å². The van der Waals surface area contributed by atoms with Crippen LogP contribution in [0.15, 0.2) is 35.3 Å². The molecule has 0 N–H and O–H groups in total. The number of amides is 1. The normalized spacial score (nSPS) is 23.9. The first-order chi connectivity index (χ1) is 11.7. The molecule has 126 valence electrons. The zero-order chi connectivity index (χ0) is 16.5. The second-order valence-electron chi connectivity index (χ2n) is 6.53. The Labute approximate surface area is 140 Å². The highest BCUT2D eigenvalue weighted by molar-refractivity contribution is 5.81. The monoisotopic (exact) mass is 327 g/mol. The third-order valence-corrected chi connectivity index (χ3v) is 5.10. The number of para-hydroxylation sites is 1. The summed E-state index contributed by atoms with van der Waals surface area (Å²) in [7, 11) is 0. The molecule has 1 saturated heterocycles. The molecule has 2 aromatic rings. The van der Waals surface area contributed by atoms with Crippen molar-refractivity contribution in [3.8, 4) is 0 Å². The molecule has 1 aliphatic heterocycles. The molecule has 1 amide bonds.